The second-order valence-electron chi connectivity index (χ2n) is 4.34. The Labute approximate surface area is 117 Å². The summed E-state index contributed by atoms with van der Waals surface area (Å²) in [5.41, 5.74) is 0.919. The molecule has 0 atom stereocenters. The van der Waals surface area contributed by atoms with E-state index < -0.39 is 26.7 Å². The standard InChI is InChI=1S/C14H12O4P2/c15-19(16)11-14(20(17)18,12-7-3-1-4-8-12)13-9-5-2-6-10-13/h1-10H,11H2. The van der Waals surface area contributed by atoms with Gasteiger partial charge in [0, 0.05) is 0 Å². The predicted octanol–water partition coefficient (Wildman–Crippen LogP) is 4.28. The highest BCUT2D eigenvalue weighted by Crippen LogP contribution is 2.48. The number of benzene rings is 2. The van der Waals surface area contributed by atoms with Gasteiger partial charge in [-0.3, -0.25) is 0 Å². The summed E-state index contributed by atoms with van der Waals surface area (Å²) in [6.07, 6.45) is -0.463. The summed E-state index contributed by atoms with van der Waals surface area (Å²) < 4.78 is 46.3. The molecule has 0 radical (unpaired) electrons. The van der Waals surface area contributed by atoms with Gasteiger partial charge in [-0.2, -0.15) is 0 Å². The van der Waals surface area contributed by atoms with E-state index in [0.717, 1.165) is 0 Å². The van der Waals surface area contributed by atoms with Crippen molar-refractivity contribution in [2.24, 2.45) is 0 Å². The number of hydrogen-bond acceptors (Lipinski definition) is 4. The zero-order chi connectivity index (χ0) is 14.6. The van der Waals surface area contributed by atoms with Crippen molar-refractivity contribution in [1.82, 2.24) is 0 Å². The van der Waals surface area contributed by atoms with Gasteiger partial charge in [0.1, 0.15) is 5.16 Å². The number of hydrogen-bond donors (Lipinski definition) is 0. The van der Waals surface area contributed by atoms with Crippen LogP contribution in [-0.4, -0.2) is 6.16 Å². The molecular formula is C14H12O4P2. The highest BCUT2D eigenvalue weighted by atomic mass is 31.1. The van der Waals surface area contributed by atoms with E-state index in [1.54, 1.807) is 60.7 Å². The van der Waals surface area contributed by atoms with Crippen LogP contribution in [0.2, 0.25) is 0 Å². The molecule has 6 heteroatoms. The van der Waals surface area contributed by atoms with E-state index in [4.69, 9.17) is 0 Å². The summed E-state index contributed by atoms with van der Waals surface area (Å²) in [5, 5.41) is -1.53. The molecule has 0 aliphatic carbocycles. The molecule has 0 unspecified atom stereocenters. The van der Waals surface area contributed by atoms with Gasteiger partial charge in [0.15, 0.2) is 0 Å². The maximum Gasteiger partial charge on any atom is 0.331 e. The molecule has 0 aliphatic heterocycles. The van der Waals surface area contributed by atoms with Gasteiger partial charge in [-0.05, 0) is 11.1 Å². The molecule has 0 saturated heterocycles. The molecule has 0 N–H and O–H groups in total. The first kappa shape index (κ1) is 14.6. The minimum atomic E-state index is -3.02. The van der Waals surface area contributed by atoms with Crippen LogP contribution in [0.3, 0.4) is 0 Å². The molecule has 0 aliphatic rings. The van der Waals surface area contributed by atoms with E-state index >= 15 is 0 Å². The lowest BCUT2D eigenvalue weighted by molar-refractivity contribution is 0.484. The zero-order valence-electron chi connectivity index (χ0n) is 10.5. The Morgan fingerprint density at radius 1 is 0.700 bits per heavy atom. The van der Waals surface area contributed by atoms with Crippen molar-refractivity contribution in [2.75, 3.05) is 6.16 Å². The van der Waals surface area contributed by atoms with Crippen molar-refractivity contribution in [3.63, 3.8) is 0 Å². The van der Waals surface area contributed by atoms with Crippen LogP contribution in [0.15, 0.2) is 60.7 Å². The second-order valence-corrected chi connectivity index (χ2v) is 6.60. The minimum Gasteiger partial charge on any atom is -0.237 e. The van der Waals surface area contributed by atoms with E-state index in [0.29, 0.717) is 11.1 Å². The lowest BCUT2D eigenvalue weighted by Crippen LogP contribution is -2.24. The monoisotopic (exact) mass is 306 g/mol. The van der Waals surface area contributed by atoms with Gasteiger partial charge >= 0.3 is 15.4 Å². The van der Waals surface area contributed by atoms with Crippen LogP contribution in [-0.2, 0) is 23.4 Å². The van der Waals surface area contributed by atoms with Crippen LogP contribution in [0.1, 0.15) is 11.1 Å². The summed E-state index contributed by atoms with van der Waals surface area (Å²) in [5.74, 6) is 0. The van der Waals surface area contributed by atoms with E-state index in [9.17, 15) is 18.3 Å². The summed E-state index contributed by atoms with van der Waals surface area (Å²) >= 11 is 0. The Morgan fingerprint density at radius 2 is 1.10 bits per heavy atom. The Balaban J connectivity index is 2.76. The summed E-state index contributed by atoms with van der Waals surface area (Å²) in [6, 6.07) is 16.9. The molecular weight excluding hydrogens is 294 g/mol. The molecule has 20 heavy (non-hydrogen) atoms. The fourth-order valence-corrected chi connectivity index (χ4v) is 4.50. The first-order valence-corrected chi connectivity index (χ1v) is 8.49. The Hall–Kier alpha value is -1.76. The SMILES string of the molecule is O=P(=O)CC(c1ccccc1)(c1ccccc1)P(=O)=O. The second kappa shape index (κ2) is 6.13. The lowest BCUT2D eigenvalue weighted by atomic mass is 9.92. The molecule has 0 amide bonds. The molecule has 2 rings (SSSR count). The van der Waals surface area contributed by atoms with E-state index in [2.05, 4.69) is 0 Å². The fraction of sp³-hybridized carbons (Fsp3) is 0.143. The third kappa shape index (κ3) is 2.72. The van der Waals surface area contributed by atoms with Crippen molar-refractivity contribution in [3.8, 4) is 0 Å². The first-order chi connectivity index (χ1) is 9.57. The van der Waals surface area contributed by atoms with Gasteiger partial charge in [0.25, 0.3) is 0 Å². The van der Waals surface area contributed by atoms with Crippen LogP contribution in [0, 0.1) is 0 Å². The fourth-order valence-electron chi connectivity index (χ4n) is 2.23. The molecule has 102 valence electrons. The van der Waals surface area contributed by atoms with Gasteiger partial charge in [-0.1, -0.05) is 60.7 Å². The molecule has 0 saturated carbocycles. The third-order valence-electron chi connectivity index (χ3n) is 3.17. The van der Waals surface area contributed by atoms with Gasteiger partial charge in [-0.15, -0.1) is 0 Å². The normalized spacial score (nSPS) is 11.0. The van der Waals surface area contributed by atoms with Crippen LogP contribution < -0.4 is 0 Å². The third-order valence-corrected chi connectivity index (χ3v) is 5.45. The van der Waals surface area contributed by atoms with Gasteiger partial charge in [0.2, 0.25) is 0 Å². The first-order valence-electron chi connectivity index (χ1n) is 5.95. The molecule has 0 aromatic heterocycles. The van der Waals surface area contributed by atoms with Crippen LogP contribution in [0.5, 0.6) is 0 Å². The Morgan fingerprint density at radius 3 is 1.40 bits per heavy atom. The highest BCUT2D eigenvalue weighted by molar-refractivity contribution is 7.37. The van der Waals surface area contributed by atoms with E-state index in [-0.39, 0.29) is 0 Å². The molecule has 0 bridgehead atoms. The Bertz CT molecular complexity index is 664. The van der Waals surface area contributed by atoms with Crippen molar-refractivity contribution >= 4 is 15.4 Å². The number of rotatable bonds is 5. The van der Waals surface area contributed by atoms with Gasteiger partial charge in [-0.25, -0.2) is 18.3 Å². The molecule has 0 heterocycles. The quantitative estimate of drug-likeness (QED) is 0.773. The van der Waals surface area contributed by atoms with Crippen molar-refractivity contribution in [2.45, 2.75) is 5.16 Å². The maximum absolute atomic E-state index is 11.9. The smallest absolute Gasteiger partial charge is 0.237 e. The molecule has 4 nitrogen and oxygen atoms in total. The lowest BCUT2D eigenvalue weighted by Gasteiger charge is -2.24. The summed E-state index contributed by atoms with van der Waals surface area (Å²) in [7, 11) is -5.87. The average molecular weight is 306 g/mol. The highest BCUT2D eigenvalue weighted by Gasteiger charge is 2.42. The largest absolute Gasteiger partial charge is 0.331 e. The van der Waals surface area contributed by atoms with Gasteiger partial charge < -0.3 is 0 Å². The van der Waals surface area contributed by atoms with Crippen molar-refractivity contribution < 1.29 is 18.3 Å². The van der Waals surface area contributed by atoms with Crippen molar-refractivity contribution in [3.05, 3.63) is 71.8 Å². The molecule has 0 fully saturated rings. The van der Waals surface area contributed by atoms with Gasteiger partial charge in [0.05, 0.1) is 6.16 Å². The van der Waals surface area contributed by atoms with Crippen LogP contribution in [0.4, 0.5) is 0 Å². The molecule has 2 aromatic carbocycles. The van der Waals surface area contributed by atoms with Crippen molar-refractivity contribution in [1.29, 1.82) is 0 Å². The van der Waals surface area contributed by atoms with Crippen LogP contribution >= 0.6 is 15.4 Å². The Kier molecular flexibility index (Phi) is 4.49. The molecule has 2 aromatic rings. The zero-order valence-corrected chi connectivity index (χ0v) is 12.3. The topological polar surface area (TPSA) is 68.3 Å². The summed E-state index contributed by atoms with van der Waals surface area (Å²) in [6.45, 7) is 0. The van der Waals surface area contributed by atoms with E-state index in [1.165, 1.54) is 0 Å². The maximum atomic E-state index is 11.9. The van der Waals surface area contributed by atoms with Crippen LogP contribution in [0.25, 0.3) is 0 Å². The minimum absolute atomic E-state index is 0.460. The summed E-state index contributed by atoms with van der Waals surface area (Å²) in [4.78, 5) is 0. The molecule has 0 spiro atoms. The predicted molar refractivity (Wildman–Crippen MR) is 75.1 cm³/mol. The van der Waals surface area contributed by atoms with E-state index in [1.807, 2.05) is 0 Å². The average Bonchev–Trinajstić information content (AvgIpc) is 2.46.